The zero-order valence-electron chi connectivity index (χ0n) is 12.8. The van der Waals surface area contributed by atoms with Crippen molar-refractivity contribution in [1.29, 1.82) is 0 Å². The Kier molecular flexibility index (Phi) is 4.46. The van der Waals surface area contributed by atoms with Crippen LogP contribution in [0.3, 0.4) is 0 Å². The van der Waals surface area contributed by atoms with E-state index in [1.165, 1.54) is 31.2 Å². The van der Waals surface area contributed by atoms with Crippen LogP contribution in [-0.2, 0) is 11.3 Å². The molecule has 0 bridgehead atoms. The number of aryl methyl sites for hydroxylation is 1. The summed E-state index contributed by atoms with van der Waals surface area (Å²) in [6.07, 6.45) is 5.47. The van der Waals surface area contributed by atoms with Gasteiger partial charge in [0.1, 0.15) is 0 Å². The monoisotopic (exact) mass is 299 g/mol. The fraction of sp³-hybridized carbons (Fsp3) is 0.500. The van der Waals surface area contributed by atoms with Crippen LogP contribution in [0.5, 0.6) is 0 Å². The fourth-order valence-corrected chi connectivity index (χ4v) is 2.93. The van der Waals surface area contributed by atoms with Crippen molar-refractivity contribution in [3.8, 4) is 5.69 Å². The lowest BCUT2D eigenvalue weighted by atomic mass is 10.0. The highest BCUT2D eigenvalue weighted by Gasteiger charge is 2.18. The average Bonchev–Trinajstić information content (AvgIpc) is 3.17. The van der Waals surface area contributed by atoms with Crippen LogP contribution in [0, 0.1) is 12.8 Å². The van der Waals surface area contributed by atoms with E-state index in [2.05, 4.69) is 20.8 Å². The van der Waals surface area contributed by atoms with E-state index in [-0.39, 0.29) is 5.91 Å². The van der Waals surface area contributed by atoms with E-state index in [4.69, 9.17) is 0 Å². The molecular formula is C16H21N5O. The smallest absolute Gasteiger partial charge is 0.220 e. The van der Waals surface area contributed by atoms with Gasteiger partial charge in [0.15, 0.2) is 5.82 Å². The predicted molar refractivity (Wildman–Crippen MR) is 82.3 cm³/mol. The van der Waals surface area contributed by atoms with Crippen molar-refractivity contribution in [3.05, 3.63) is 35.7 Å². The molecule has 0 aliphatic heterocycles. The summed E-state index contributed by atoms with van der Waals surface area (Å²) in [6.45, 7) is 2.39. The normalized spacial score (nSPS) is 15.1. The summed E-state index contributed by atoms with van der Waals surface area (Å²) in [5.41, 5.74) is 2.08. The SMILES string of the molecule is Cc1ccc(-n2nnnc2CNC(=O)CC2CCCC2)cc1. The molecular weight excluding hydrogens is 278 g/mol. The Labute approximate surface area is 129 Å². The zero-order valence-corrected chi connectivity index (χ0v) is 12.8. The predicted octanol–water partition coefficient (Wildman–Crippen LogP) is 2.17. The van der Waals surface area contributed by atoms with Crippen molar-refractivity contribution in [2.24, 2.45) is 5.92 Å². The number of hydrogen-bond donors (Lipinski definition) is 1. The summed E-state index contributed by atoms with van der Waals surface area (Å²) in [4.78, 5) is 12.0. The molecule has 1 aliphatic rings. The molecule has 0 saturated heterocycles. The van der Waals surface area contributed by atoms with Gasteiger partial charge in [0.05, 0.1) is 12.2 Å². The molecule has 0 radical (unpaired) electrons. The molecule has 1 saturated carbocycles. The van der Waals surface area contributed by atoms with Crippen LogP contribution >= 0.6 is 0 Å². The van der Waals surface area contributed by atoms with Gasteiger partial charge in [-0.1, -0.05) is 30.5 Å². The second-order valence-corrected chi connectivity index (χ2v) is 5.97. The van der Waals surface area contributed by atoms with E-state index in [9.17, 15) is 4.79 Å². The highest BCUT2D eigenvalue weighted by Crippen LogP contribution is 2.27. The lowest BCUT2D eigenvalue weighted by Crippen LogP contribution is -2.26. The van der Waals surface area contributed by atoms with Gasteiger partial charge in [-0.15, -0.1) is 5.10 Å². The van der Waals surface area contributed by atoms with Crippen molar-refractivity contribution in [2.75, 3.05) is 0 Å². The van der Waals surface area contributed by atoms with E-state index >= 15 is 0 Å². The number of rotatable bonds is 5. The summed E-state index contributed by atoms with van der Waals surface area (Å²) < 4.78 is 1.66. The van der Waals surface area contributed by atoms with Gasteiger partial charge in [0, 0.05) is 6.42 Å². The lowest BCUT2D eigenvalue weighted by molar-refractivity contribution is -0.122. The Hall–Kier alpha value is -2.24. The molecule has 1 aromatic carbocycles. The Morgan fingerprint density at radius 3 is 2.73 bits per heavy atom. The Balaban J connectivity index is 1.60. The number of carbonyl (C=O) groups excluding carboxylic acids is 1. The number of amides is 1. The van der Waals surface area contributed by atoms with Crippen LogP contribution < -0.4 is 5.32 Å². The molecule has 1 amide bonds. The maximum Gasteiger partial charge on any atom is 0.220 e. The van der Waals surface area contributed by atoms with Gasteiger partial charge in [-0.05, 0) is 48.2 Å². The van der Waals surface area contributed by atoms with Gasteiger partial charge in [-0.3, -0.25) is 4.79 Å². The largest absolute Gasteiger partial charge is 0.349 e. The van der Waals surface area contributed by atoms with Crippen LogP contribution in [0.4, 0.5) is 0 Å². The topological polar surface area (TPSA) is 72.7 Å². The van der Waals surface area contributed by atoms with Gasteiger partial charge in [-0.25, -0.2) is 0 Å². The molecule has 2 aromatic rings. The lowest BCUT2D eigenvalue weighted by Gasteiger charge is -2.09. The molecule has 3 rings (SSSR count). The third-order valence-electron chi connectivity index (χ3n) is 4.21. The van der Waals surface area contributed by atoms with E-state index < -0.39 is 0 Å². The summed E-state index contributed by atoms with van der Waals surface area (Å²) in [5.74, 6) is 1.28. The maximum atomic E-state index is 12.0. The second kappa shape index (κ2) is 6.68. The molecule has 0 atom stereocenters. The van der Waals surface area contributed by atoms with Crippen LogP contribution in [0.25, 0.3) is 5.69 Å². The first-order valence-electron chi connectivity index (χ1n) is 7.83. The highest BCUT2D eigenvalue weighted by atomic mass is 16.1. The fourth-order valence-electron chi connectivity index (χ4n) is 2.93. The van der Waals surface area contributed by atoms with E-state index in [1.54, 1.807) is 4.68 Å². The van der Waals surface area contributed by atoms with Crippen molar-refractivity contribution >= 4 is 5.91 Å². The molecule has 1 heterocycles. The minimum Gasteiger partial charge on any atom is -0.349 e. The summed E-state index contributed by atoms with van der Waals surface area (Å²) in [5, 5.41) is 14.7. The van der Waals surface area contributed by atoms with Gasteiger partial charge < -0.3 is 5.32 Å². The average molecular weight is 299 g/mol. The minimum atomic E-state index is 0.0883. The highest BCUT2D eigenvalue weighted by molar-refractivity contribution is 5.76. The molecule has 22 heavy (non-hydrogen) atoms. The third kappa shape index (κ3) is 3.50. The molecule has 1 aliphatic carbocycles. The number of nitrogens with one attached hydrogen (secondary N) is 1. The molecule has 116 valence electrons. The molecule has 1 fully saturated rings. The number of benzene rings is 1. The standard InChI is InChI=1S/C16H21N5O/c1-12-6-8-14(9-7-12)21-15(18-19-20-21)11-17-16(22)10-13-4-2-3-5-13/h6-9,13H,2-5,10-11H2,1H3,(H,17,22). The van der Waals surface area contributed by atoms with Crippen LogP contribution in [0.15, 0.2) is 24.3 Å². The van der Waals surface area contributed by atoms with Crippen LogP contribution in [-0.4, -0.2) is 26.1 Å². The number of hydrogen-bond acceptors (Lipinski definition) is 4. The van der Waals surface area contributed by atoms with Gasteiger partial charge in [-0.2, -0.15) is 4.68 Å². The van der Waals surface area contributed by atoms with Crippen molar-refractivity contribution in [1.82, 2.24) is 25.5 Å². The van der Waals surface area contributed by atoms with E-state index in [0.29, 0.717) is 24.7 Å². The number of tetrazole rings is 1. The summed E-state index contributed by atoms with van der Waals surface area (Å²) in [6, 6.07) is 7.96. The molecule has 0 unspecified atom stereocenters. The molecule has 6 nitrogen and oxygen atoms in total. The summed E-state index contributed by atoms with van der Waals surface area (Å²) >= 11 is 0. The van der Waals surface area contributed by atoms with Crippen molar-refractivity contribution in [2.45, 2.75) is 45.6 Å². The van der Waals surface area contributed by atoms with Crippen molar-refractivity contribution < 1.29 is 4.79 Å². The van der Waals surface area contributed by atoms with Gasteiger partial charge in [0.25, 0.3) is 0 Å². The first-order chi connectivity index (χ1) is 10.7. The maximum absolute atomic E-state index is 12.0. The van der Waals surface area contributed by atoms with E-state index in [0.717, 1.165) is 5.69 Å². The van der Waals surface area contributed by atoms with Crippen LogP contribution in [0.1, 0.15) is 43.5 Å². The summed E-state index contributed by atoms with van der Waals surface area (Å²) in [7, 11) is 0. The second-order valence-electron chi connectivity index (χ2n) is 5.97. The third-order valence-corrected chi connectivity index (χ3v) is 4.21. The molecule has 1 N–H and O–H groups in total. The molecule has 0 spiro atoms. The molecule has 6 heteroatoms. The zero-order chi connectivity index (χ0) is 15.4. The first-order valence-corrected chi connectivity index (χ1v) is 7.83. The quantitative estimate of drug-likeness (QED) is 0.918. The first kappa shape index (κ1) is 14.7. The Bertz CT molecular complexity index is 628. The Morgan fingerprint density at radius 2 is 2.00 bits per heavy atom. The van der Waals surface area contributed by atoms with Crippen molar-refractivity contribution in [3.63, 3.8) is 0 Å². The molecule has 1 aromatic heterocycles. The number of carbonyl (C=O) groups is 1. The number of nitrogens with zero attached hydrogens (tertiary/aromatic N) is 4. The number of aromatic nitrogens is 4. The van der Waals surface area contributed by atoms with E-state index in [1.807, 2.05) is 31.2 Å². The Morgan fingerprint density at radius 1 is 1.27 bits per heavy atom. The minimum absolute atomic E-state index is 0.0883. The van der Waals surface area contributed by atoms with Crippen LogP contribution in [0.2, 0.25) is 0 Å². The van der Waals surface area contributed by atoms with Gasteiger partial charge in [0.2, 0.25) is 5.91 Å². The van der Waals surface area contributed by atoms with Gasteiger partial charge >= 0.3 is 0 Å².